The number of hydrogen-bond acceptors (Lipinski definition) is 2. The third-order valence-corrected chi connectivity index (χ3v) is 3.09. The minimum absolute atomic E-state index is 0.395. The molecule has 0 aliphatic heterocycles. The fourth-order valence-corrected chi connectivity index (χ4v) is 2.48. The Hall–Kier alpha value is -1.48. The van der Waals surface area contributed by atoms with Gasteiger partial charge in [-0.25, -0.2) is 0 Å². The average Bonchev–Trinajstić information content (AvgIpc) is 2.46. The highest BCUT2D eigenvalue weighted by atomic mass is 79.9. The van der Waals surface area contributed by atoms with Crippen molar-refractivity contribution in [1.29, 1.82) is 0 Å². The van der Waals surface area contributed by atoms with Gasteiger partial charge in [0.25, 0.3) is 0 Å². The Morgan fingerprint density at radius 2 is 1.67 bits per heavy atom. The van der Waals surface area contributed by atoms with E-state index in [0.29, 0.717) is 11.1 Å². The van der Waals surface area contributed by atoms with Crippen molar-refractivity contribution in [2.24, 2.45) is 0 Å². The van der Waals surface area contributed by atoms with E-state index in [2.05, 4.69) is 15.9 Å². The summed E-state index contributed by atoms with van der Waals surface area (Å²) in [6.07, 6.45) is 0. The summed E-state index contributed by atoms with van der Waals surface area (Å²) in [6.45, 7) is 0. The summed E-state index contributed by atoms with van der Waals surface area (Å²) in [5.74, 6) is -0.795. The quantitative estimate of drug-likeness (QED) is 0.683. The Morgan fingerprint density at radius 3 is 2.47 bits per heavy atom. The first-order chi connectivity index (χ1) is 7.18. The van der Waals surface area contributed by atoms with Crippen LogP contribution in [0.2, 0.25) is 0 Å². The van der Waals surface area contributed by atoms with Crippen LogP contribution in [0, 0.1) is 0 Å². The Morgan fingerprint density at radius 1 is 0.933 bits per heavy atom. The highest BCUT2D eigenvalue weighted by molar-refractivity contribution is 9.10. The average molecular weight is 261 g/mol. The molecule has 0 fully saturated rings. The van der Waals surface area contributed by atoms with Gasteiger partial charge < -0.3 is 0 Å². The van der Waals surface area contributed by atoms with Crippen LogP contribution >= 0.6 is 15.9 Å². The number of carbonyl (C=O) groups excluding carboxylic acids is 2. The van der Waals surface area contributed by atoms with Crippen LogP contribution in [0.5, 0.6) is 0 Å². The molecule has 2 aromatic rings. The van der Waals surface area contributed by atoms with E-state index in [-0.39, 0.29) is 0 Å². The molecule has 1 aliphatic rings. The summed E-state index contributed by atoms with van der Waals surface area (Å²) in [5, 5.41) is 1.71. The molecule has 0 bridgehead atoms. The predicted molar refractivity (Wildman–Crippen MR) is 60.3 cm³/mol. The number of carbonyl (C=O) groups is 2. The monoisotopic (exact) mass is 260 g/mol. The van der Waals surface area contributed by atoms with Gasteiger partial charge >= 0.3 is 0 Å². The second kappa shape index (κ2) is 2.76. The van der Waals surface area contributed by atoms with Gasteiger partial charge in [0.2, 0.25) is 11.6 Å². The molecule has 15 heavy (non-hydrogen) atoms. The van der Waals surface area contributed by atoms with Crippen molar-refractivity contribution in [3.05, 3.63) is 45.9 Å². The van der Waals surface area contributed by atoms with Gasteiger partial charge in [0, 0.05) is 21.0 Å². The topological polar surface area (TPSA) is 34.1 Å². The molecule has 0 aromatic heterocycles. The van der Waals surface area contributed by atoms with E-state index in [4.69, 9.17) is 0 Å². The highest BCUT2D eigenvalue weighted by Crippen LogP contribution is 2.33. The summed E-state index contributed by atoms with van der Waals surface area (Å²) in [5.41, 5.74) is 1.04. The lowest BCUT2D eigenvalue weighted by Gasteiger charge is -1.99. The van der Waals surface area contributed by atoms with Gasteiger partial charge in [-0.1, -0.05) is 34.1 Å². The zero-order valence-electron chi connectivity index (χ0n) is 7.58. The van der Waals surface area contributed by atoms with Gasteiger partial charge in [0.15, 0.2) is 0 Å². The van der Waals surface area contributed by atoms with Gasteiger partial charge in [-0.3, -0.25) is 9.59 Å². The number of Topliss-reactive ketones (excluding diaryl/α,β-unsaturated/α-hetero) is 2. The summed E-state index contributed by atoms with van der Waals surface area (Å²) in [4.78, 5) is 23.3. The van der Waals surface area contributed by atoms with E-state index in [0.717, 1.165) is 15.2 Å². The lowest BCUT2D eigenvalue weighted by atomic mass is 10.1. The first kappa shape index (κ1) is 8.80. The normalized spacial score (nSPS) is 13.9. The lowest BCUT2D eigenvalue weighted by Crippen LogP contribution is -2.05. The van der Waals surface area contributed by atoms with Crippen molar-refractivity contribution < 1.29 is 9.59 Å². The van der Waals surface area contributed by atoms with Gasteiger partial charge in [0.05, 0.1) is 0 Å². The molecule has 0 N–H and O–H groups in total. The molecule has 0 spiro atoms. The minimum Gasteiger partial charge on any atom is -0.285 e. The van der Waals surface area contributed by atoms with Gasteiger partial charge in [-0.2, -0.15) is 0 Å². The Kier molecular flexibility index (Phi) is 1.62. The molecule has 0 atom stereocenters. The molecule has 0 radical (unpaired) electrons. The Labute approximate surface area is 94.0 Å². The Bertz CT molecular complexity index is 629. The number of rotatable bonds is 0. The molecule has 2 nitrogen and oxygen atoms in total. The van der Waals surface area contributed by atoms with Crippen molar-refractivity contribution in [2.45, 2.75) is 0 Å². The molecule has 0 saturated carbocycles. The van der Waals surface area contributed by atoms with Gasteiger partial charge in [-0.15, -0.1) is 0 Å². The number of benzene rings is 2. The van der Waals surface area contributed by atoms with Crippen LogP contribution in [-0.4, -0.2) is 11.6 Å². The summed E-state index contributed by atoms with van der Waals surface area (Å²) in [6, 6.07) is 9.02. The molecular weight excluding hydrogens is 256 g/mol. The van der Waals surface area contributed by atoms with Crippen LogP contribution in [-0.2, 0) is 0 Å². The van der Waals surface area contributed by atoms with Crippen LogP contribution < -0.4 is 0 Å². The van der Waals surface area contributed by atoms with Crippen molar-refractivity contribution in [3.8, 4) is 0 Å². The molecule has 0 saturated heterocycles. The molecule has 0 heterocycles. The Balaban J connectivity index is 2.59. The molecule has 3 heteroatoms. The maximum absolute atomic E-state index is 11.7. The first-order valence-electron chi connectivity index (χ1n) is 4.50. The first-order valence-corrected chi connectivity index (χ1v) is 5.29. The number of ketones is 2. The van der Waals surface area contributed by atoms with Crippen LogP contribution in [0.3, 0.4) is 0 Å². The molecule has 0 unspecified atom stereocenters. The number of hydrogen-bond donors (Lipinski definition) is 0. The summed E-state index contributed by atoms with van der Waals surface area (Å²) in [7, 11) is 0. The van der Waals surface area contributed by atoms with Crippen LogP contribution in [0.15, 0.2) is 34.8 Å². The maximum atomic E-state index is 11.7. The summed E-state index contributed by atoms with van der Waals surface area (Å²) >= 11 is 3.33. The smallest absolute Gasteiger partial charge is 0.234 e. The van der Waals surface area contributed by atoms with Gasteiger partial charge in [-0.05, 0) is 17.5 Å². The minimum atomic E-state index is -0.400. The van der Waals surface area contributed by atoms with Crippen LogP contribution in [0.1, 0.15) is 20.7 Å². The number of halogens is 1. The summed E-state index contributed by atoms with van der Waals surface area (Å²) < 4.78 is 0.824. The zero-order chi connectivity index (χ0) is 10.6. The standard InChI is InChI=1S/C12H5BrO2/c13-7-4-6-2-1-3-8-10(6)9(5-7)12(15)11(8)14/h1-5H. The third-order valence-electron chi connectivity index (χ3n) is 2.64. The second-order valence-corrected chi connectivity index (χ2v) is 4.43. The molecule has 0 amide bonds. The van der Waals surface area contributed by atoms with Crippen LogP contribution in [0.25, 0.3) is 10.8 Å². The molecule has 1 aliphatic carbocycles. The molecule has 72 valence electrons. The molecule has 3 rings (SSSR count). The largest absolute Gasteiger partial charge is 0.285 e. The van der Waals surface area contributed by atoms with E-state index >= 15 is 0 Å². The predicted octanol–water partition coefficient (Wildman–Crippen LogP) is 2.98. The van der Waals surface area contributed by atoms with Crippen LogP contribution in [0.4, 0.5) is 0 Å². The second-order valence-electron chi connectivity index (χ2n) is 3.52. The maximum Gasteiger partial charge on any atom is 0.234 e. The van der Waals surface area contributed by atoms with Gasteiger partial charge in [0.1, 0.15) is 0 Å². The fourth-order valence-electron chi connectivity index (χ4n) is 2.00. The zero-order valence-corrected chi connectivity index (χ0v) is 9.17. The van der Waals surface area contributed by atoms with E-state index in [1.807, 2.05) is 12.1 Å². The van der Waals surface area contributed by atoms with Crippen molar-refractivity contribution >= 4 is 38.3 Å². The van der Waals surface area contributed by atoms with E-state index in [1.54, 1.807) is 18.2 Å². The van der Waals surface area contributed by atoms with Crippen molar-refractivity contribution in [3.63, 3.8) is 0 Å². The van der Waals surface area contributed by atoms with Crippen molar-refractivity contribution in [2.75, 3.05) is 0 Å². The third kappa shape index (κ3) is 1.04. The van der Waals surface area contributed by atoms with Crippen molar-refractivity contribution in [1.82, 2.24) is 0 Å². The molecule has 2 aromatic carbocycles. The SMILES string of the molecule is O=C1C(=O)c2cc(Br)cc3cccc1c23. The lowest BCUT2D eigenvalue weighted by molar-refractivity contribution is 0.0825. The highest BCUT2D eigenvalue weighted by Gasteiger charge is 2.30. The van der Waals surface area contributed by atoms with E-state index < -0.39 is 11.6 Å². The van der Waals surface area contributed by atoms with E-state index in [9.17, 15) is 9.59 Å². The van der Waals surface area contributed by atoms with E-state index in [1.165, 1.54) is 0 Å². The molecular formula is C12H5BrO2. The fraction of sp³-hybridized carbons (Fsp3) is 0.